The molecule has 2 heteroatoms. The standard InChI is InChI=1S/C12H14N2/c1-3-7-13-9-10-14-8-4-2-6-12(14)11(13)5-1/h1-7,11H,8-10H2. The Bertz CT molecular complexity index is 349. The van der Waals surface area contributed by atoms with Crippen LogP contribution < -0.4 is 0 Å². The molecule has 0 saturated carbocycles. The van der Waals surface area contributed by atoms with Crippen molar-refractivity contribution in [3.05, 3.63) is 48.4 Å². The SMILES string of the molecule is C1=CCN2CCN3C=CC=CC3C2=C1. The van der Waals surface area contributed by atoms with Gasteiger partial charge in [0.25, 0.3) is 0 Å². The zero-order valence-corrected chi connectivity index (χ0v) is 8.13. The van der Waals surface area contributed by atoms with Crippen LogP contribution in [0.5, 0.6) is 0 Å². The van der Waals surface area contributed by atoms with E-state index in [1.807, 2.05) is 0 Å². The van der Waals surface area contributed by atoms with Crippen LogP contribution >= 0.6 is 0 Å². The first-order valence-corrected chi connectivity index (χ1v) is 5.17. The fraction of sp³-hybridized carbons (Fsp3) is 0.333. The summed E-state index contributed by atoms with van der Waals surface area (Å²) in [6.07, 6.45) is 15.4. The summed E-state index contributed by atoms with van der Waals surface area (Å²) in [5.41, 5.74) is 1.44. The third-order valence-electron chi connectivity index (χ3n) is 3.06. The summed E-state index contributed by atoms with van der Waals surface area (Å²) in [6, 6.07) is 0.471. The molecule has 1 fully saturated rings. The van der Waals surface area contributed by atoms with Crippen LogP contribution in [-0.2, 0) is 0 Å². The highest BCUT2D eigenvalue weighted by atomic mass is 15.3. The minimum atomic E-state index is 0.471. The van der Waals surface area contributed by atoms with Gasteiger partial charge in [0.1, 0.15) is 0 Å². The number of hydrogen-bond acceptors (Lipinski definition) is 2. The molecule has 1 saturated heterocycles. The summed E-state index contributed by atoms with van der Waals surface area (Å²) >= 11 is 0. The van der Waals surface area contributed by atoms with Crippen molar-refractivity contribution >= 4 is 0 Å². The van der Waals surface area contributed by atoms with Gasteiger partial charge in [0, 0.05) is 31.5 Å². The van der Waals surface area contributed by atoms with Gasteiger partial charge in [-0.3, -0.25) is 0 Å². The molecule has 3 aliphatic heterocycles. The Morgan fingerprint density at radius 1 is 1.14 bits per heavy atom. The van der Waals surface area contributed by atoms with Crippen LogP contribution in [0, 0.1) is 0 Å². The molecule has 3 rings (SSSR count). The number of piperazine rings is 1. The van der Waals surface area contributed by atoms with Crippen LogP contribution in [0.3, 0.4) is 0 Å². The van der Waals surface area contributed by atoms with E-state index in [9.17, 15) is 0 Å². The highest BCUT2D eigenvalue weighted by Crippen LogP contribution is 2.25. The smallest absolute Gasteiger partial charge is 0.0872 e. The molecule has 0 aliphatic carbocycles. The molecule has 0 amide bonds. The number of hydrogen-bond donors (Lipinski definition) is 0. The topological polar surface area (TPSA) is 6.48 Å². The summed E-state index contributed by atoms with van der Waals surface area (Å²) in [6.45, 7) is 3.36. The highest BCUT2D eigenvalue weighted by molar-refractivity contribution is 5.31. The van der Waals surface area contributed by atoms with Gasteiger partial charge in [0.15, 0.2) is 0 Å². The van der Waals surface area contributed by atoms with Crippen molar-refractivity contribution in [3.63, 3.8) is 0 Å². The van der Waals surface area contributed by atoms with Gasteiger partial charge in [-0.15, -0.1) is 0 Å². The quantitative estimate of drug-likeness (QED) is 0.566. The minimum Gasteiger partial charge on any atom is -0.367 e. The lowest BCUT2D eigenvalue weighted by atomic mass is 10.0. The van der Waals surface area contributed by atoms with Crippen molar-refractivity contribution in [2.45, 2.75) is 6.04 Å². The molecule has 0 radical (unpaired) electrons. The monoisotopic (exact) mass is 186 g/mol. The average molecular weight is 186 g/mol. The van der Waals surface area contributed by atoms with E-state index in [0.717, 1.165) is 19.6 Å². The average Bonchev–Trinajstić information content (AvgIpc) is 2.29. The van der Waals surface area contributed by atoms with Gasteiger partial charge < -0.3 is 9.80 Å². The highest BCUT2D eigenvalue weighted by Gasteiger charge is 2.28. The van der Waals surface area contributed by atoms with Crippen molar-refractivity contribution in [3.8, 4) is 0 Å². The molecule has 0 aromatic carbocycles. The number of fused-ring (bicyclic) bond motifs is 3. The number of allylic oxidation sites excluding steroid dienone is 4. The van der Waals surface area contributed by atoms with Crippen molar-refractivity contribution < 1.29 is 0 Å². The zero-order chi connectivity index (χ0) is 9.38. The first kappa shape index (κ1) is 7.92. The van der Waals surface area contributed by atoms with Crippen LogP contribution in [0.15, 0.2) is 48.4 Å². The molecule has 0 aromatic heterocycles. The van der Waals surface area contributed by atoms with E-state index in [0.29, 0.717) is 6.04 Å². The summed E-state index contributed by atoms with van der Waals surface area (Å²) in [7, 11) is 0. The number of rotatable bonds is 0. The molecule has 0 spiro atoms. The fourth-order valence-corrected chi connectivity index (χ4v) is 2.32. The molecular weight excluding hydrogens is 172 g/mol. The van der Waals surface area contributed by atoms with Crippen molar-refractivity contribution in [1.82, 2.24) is 9.80 Å². The van der Waals surface area contributed by atoms with Gasteiger partial charge in [-0.2, -0.15) is 0 Å². The lowest BCUT2D eigenvalue weighted by Gasteiger charge is -2.44. The van der Waals surface area contributed by atoms with Gasteiger partial charge in [-0.05, 0) is 12.2 Å². The Labute approximate surface area is 84.5 Å². The second-order valence-electron chi connectivity index (χ2n) is 3.87. The van der Waals surface area contributed by atoms with Crippen LogP contribution in [0.1, 0.15) is 0 Å². The Morgan fingerprint density at radius 2 is 2.14 bits per heavy atom. The van der Waals surface area contributed by atoms with Gasteiger partial charge in [-0.1, -0.05) is 24.3 Å². The normalized spacial score (nSPS) is 28.6. The summed E-state index contributed by atoms with van der Waals surface area (Å²) in [5, 5.41) is 0. The molecule has 3 aliphatic rings. The summed E-state index contributed by atoms with van der Waals surface area (Å²) in [5.74, 6) is 0. The molecular formula is C12H14N2. The molecule has 1 unspecified atom stereocenters. The maximum absolute atomic E-state index is 2.46. The lowest BCUT2D eigenvalue weighted by molar-refractivity contribution is 0.195. The van der Waals surface area contributed by atoms with Crippen LogP contribution in [0.4, 0.5) is 0 Å². The van der Waals surface area contributed by atoms with Gasteiger partial charge in [0.05, 0.1) is 6.04 Å². The molecule has 2 nitrogen and oxygen atoms in total. The van der Waals surface area contributed by atoms with Crippen molar-refractivity contribution in [2.75, 3.05) is 19.6 Å². The molecule has 3 heterocycles. The molecule has 0 N–H and O–H groups in total. The maximum atomic E-state index is 2.46. The van der Waals surface area contributed by atoms with Gasteiger partial charge in [-0.25, -0.2) is 0 Å². The van der Waals surface area contributed by atoms with Gasteiger partial charge in [0.2, 0.25) is 0 Å². The van der Waals surface area contributed by atoms with E-state index in [2.05, 4.69) is 52.5 Å². The first-order chi connectivity index (χ1) is 6.95. The van der Waals surface area contributed by atoms with E-state index in [4.69, 9.17) is 0 Å². The molecule has 1 atom stereocenters. The Balaban J connectivity index is 1.95. The van der Waals surface area contributed by atoms with E-state index in [1.165, 1.54) is 5.70 Å². The van der Waals surface area contributed by atoms with E-state index >= 15 is 0 Å². The second-order valence-corrected chi connectivity index (χ2v) is 3.87. The third kappa shape index (κ3) is 1.10. The van der Waals surface area contributed by atoms with Crippen molar-refractivity contribution in [2.24, 2.45) is 0 Å². The molecule has 72 valence electrons. The maximum Gasteiger partial charge on any atom is 0.0872 e. The number of nitrogens with zero attached hydrogens (tertiary/aromatic N) is 2. The van der Waals surface area contributed by atoms with Crippen molar-refractivity contribution in [1.29, 1.82) is 0 Å². The predicted molar refractivity (Wildman–Crippen MR) is 57.6 cm³/mol. The minimum absolute atomic E-state index is 0.471. The van der Waals surface area contributed by atoms with Crippen LogP contribution in [-0.4, -0.2) is 35.5 Å². The Kier molecular flexibility index (Phi) is 1.72. The Morgan fingerprint density at radius 3 is 3.14 bits per heavy atom. The van der Waals surface area contributed by atoms with Crippen LogP contribution in [0.2, 0.25) is 0 Å². The predicted octanol–water partition coefficient (Wildman–Crippen LogP) is 1.51. The lowest BCUT2D eigenvalue weighted by Crippen LogP contribution is -2.49. The van der Waals surface area contributed by atoms with E-state index in [1.54, 1.807) is 0 Å². The summed E-state index contributed by atoms with van der Waals surface area (Å²) < 4.78 is 0. The largest absolute Gasteiger partial charge is 0.367 e. The second kappa shape index (κ2) is 3.05. The molecule has 0 bridgehead atoms. The third-order valence-corrected chi connectivity index (χ3v) is 3.06. The van der Waals surface area contributed by atoms with E-state index < -0.39 is 0 Å². The Hall–Kier alpha value is -1.44. The zero-order valence-electron chi connectivity index (χ0n) is 8.13. The molecule has 14 heavy (non-hydrogen) atoms. The van der Waals surface area contributed by atoms with Gasteiger partial charge >= 0.3 is 0 Å². The summed E-state index contributed by atoms with van der Waals surface area (Å²) in [4.78, 5) is 4.87. The first-order valence-electron chi connectivity index (χ1n) is 5.17. The van der Waals surface area contributed by atoms with Crippen LogP contribution in [0.25, 0.3) is 0 Å². The van der Waals surface area contributed by atoms with E-state index in [-0.39, 0.29) is 0 Å². The molecule has 0 aromatic rings. The fourth-order valence-electron chi connectivity index (χ4n) is 2.32.